The first-order valence-corrected chi connectivity index (χ1v) is 5.45. The van der Waals surface area contributed by atoms with Crippen molar-refractivity contribution < 1.29 is 4.42 Å². The predicted molar refractivity (Wildman–Crippen MR) is 51.4 cm³/mol. The third-order valence-corrected chi connectivity index (χ3v) is 2.40. The molecule has 0 aliphatic carbocycles. The van der Waals surface area contributed by atoms with Crippen LogP contribution in [0.3, 0.4) is 0 Å². The molecule has 1 nitrogen and oxygen atoms in total. The molecule has 1 rings (SSSR count). The normalized spacial score (nSPS) is 13.2. The van der Waals surface area contributed by atoms with E-state index in [0.29, 0.717) is 4.82 Å². The number of hydrogen-bond acceptors (Lipinski definition) is 1. The van der Waals surface area contributed by atoms with Gasteiger partial charge in [-0.05, 0) is 0 Å². The molecule has 2 heteroatoms. The van der Waals surface area contributed by atoms with E-state index in [4.69, 9.17) is 4.42 Å². The van der Waals surface area contributed by atoms with Crippen molar-refractivity contribution in [2.24, 2.45) is 0 Å². The van der Waals surface area contributed by atoms with Crippen molar-refractivity contribution in [3.05, 3.63) is 24.2 Å². The van der Waals surface area contributed by atoms with Crippen LogP contribution in [0.25, 0.3) is 0 Å². The van der Waals surface area contributed by atoms with Crippen molar-refractivity contribution in [1.82, 2.24) is 0 Å². The second-order valence-corrected chi connectivity index (χ2v) is 4.88. The molecule has 1 aromatic rings. The van der Waals surface area contributed by atoms with Crippen LogP contribution < -0.4 is 0 Å². The zero-order chi connectivity index (χ0) is 8.81. The van der Waals surface area contributed by atoms with E-state index in [2.05, 4.69) is 22.9 Å². The van der Waals surface area contributed by atoms with Gasteiger partial charge in [0.25, 0.3) is 0 Å². The van der Waals surface area contributed by atoms with Crippen LogP contribution in [-0.4, -0.2) is 16.0 Å². The van der Waals surface area contributed by atoms with E-state index >= 15 is 0 Å². The number of furan rings is 1. The summed E-state index contributed by atoms with van der Waals surface area (Å²) >= 11 is 3.12. The standard InChI is InChI=1S/C10H15OSe/c1-9(12)4-2-3-5-10-6-7-11-8-10/h6-9H,2-5H2,1H3/t9-/m1/s1. The maximum atomic E-state index is 4.99. The molecule has 1 radical (unpaired) electrons. The van der Waals surface area contributed by atoms with Crippen LogP contribution in [0.1, 0.15) is 31.7 Å². The molecule has 0 bridgehead atoms. The molecule has 1 heterocycles. The van der Waals surface area contributed by atoms with Crippen LogP contribution in [0.15, 0.2) is 23.0 Å². The SMILES string of the molecule is C[C@@H]([Se])CCCCc1ccoc1. The van der Waals surface area contributed by atoms with Crippen LogP contribution in [0.5, 0.6) is 0 Å². The Bertz CT molecular complexity index is 192. The Hall–Kier alpha value is -0.201. The van der Waals surface area contributed by atoms with E-state index in [1.54, 1.807) is 6.26 Å². The predicted octanol–water partition coefficient (Wildman–Crippen LogP) is 2.97. The summed E-state index contributed by atoms with van der Waals surface area (Å²) in [6.07, 6.45) is 8.60. The van der Waals surface area contributed by atoms with Gasteiger partial charge in [-0.15, -0.1) is 0 Å². The maximum absolute atomic E-state index is 4.99. The van der Waals surface area contributed by atoms with Gasteiger partial charge in [0.2, 0.25) is 0 Å². The Balaban J connectivity index is 2.04. The van der Waals surface area contributed by atoms with E-state index in [1.165, 1.54) is 24.8 Å². The average Bonchev–Trinajstić information content (AvgIpc) is 2.49. The average molecular weight is 230 g/mol. The first-order chi connectivity index (χ1) is 5.79. The Kier molecular flexibility index (Phi) is 4.49. The Labute approximate surface area is 82.4 Å². The fraction of sp³-hybridized carbons (Fsp3) is 0.600. The second-order valence-electron chi connectivity index (χ2n) is 3.19. The van der Waals surface area contributed by atoms with Gasteiger partial charge in [-0.3, -0.25) is 0 Å². The molecule has 0 aromatic carbocycles. The zero-order valence-electron chi connectivity index (χ0n) is 7.45. The summed E-state index contributed by atoms with van der Waals surface area (Å²) in [5, 5.41) is 0. The topological polar surface area (TPSA) is 13.1 Å². The van der Waals surface area contributed by atoms with Gasteiger partial charge in [-0.25, -0.2) is 0 Å². The summed E-state index contributed by atoms with van der Waals surface area (Å²) in [6.45, 7) is 2.22. The van der Waals surface area contributed by atoms with Crippen molar-refractivity contribution in [3.8, 4) is 0 Å². The number of hydrogen-bond donors (Lipinski definition) is 0. The van der Waals surface area contributed by atoms with Crippen LogP contribution in [-0.2, 0) is 6.42 Å². The molecular weight excluding hydrogens is 215 g/mol. The monoisotopic (exact) mass is 231 g/mol. The molecule has 0 aliphatic rings. The summed E-state index contributed by atoms with van der Waals surface area (Å²) < 4.78 is 4.99. The van der Waals surface area contributed by atoms with Crippen molar-refractivity contribution in [1.29, 1.82) is 0 Å². The minimum absolute atomic E-state index is 0.717. The summed E-state index contributed by atoms with van der Waals surface area (Å²) in [6, 6.07) is 2.04. The van der Waals surface area contributed by atoms with Gasteiger partial charge in [-0.1, -0.05) is 0 Å². The molecule has 67 valence electrons. The number of rotatable bonds is 5. The fourth-order valence-corrected chi connectivity index (χ4v) is 1.55. The van der Waals surface area contributed by atoms with Crippen molar-refractivity contribution in [3.63, 3.8) is 0 Å². The second kappa shape index (κ2) is 5.45. The summed E-state index contributed by atoms with van der Waals surface area (Å²) in [4.78, 5) is 0.717. The molecule has 0 spiro atoms. The molecule has 0 unspecified atom stereocenters. The fourth-order valence-electron chi connectivity index (χ4n) is 1.20. The van der Waals surface area contributed by atoms with Crippen molar-refractivity contribution >= 4 is 16.0 Å². The zero-order valence-corrected chi connectivity index (χ0v) is 9.17. The summed E-state index contributed by atoms with van der Waals surface area (Å²) in [7, 11) is 0. The number of unbranched alkanes of at least 4 members (excludes halogenated alkanes) is 1. The summed E-state index contributed by atoms with van der Waals surface area (Å²) in [5.41, 5.74) is 1.32. The quantitative estimate of drug-likeness (QED) is 0.560. The van der Waals surface area contributed by atoms with Crippen molar-refractivity contribution in [2.45, 2.75) is 37.4 Å². The van der Waals surface area contributed by atoms with Gasteiger partial charge in [0, 0.05) is 0 Å². The van der Waals surface area contributed by atoms with Crippen LogP contribution in [0.2, 0.25) is 4.82 Å². The molecule has 0 fully saturated rings. The molecule has 0 saturated carbocycles. The van der Waals surface area contributed by atoms with Gasteiger partial charge >= 0.3 is 82.0 Å². The van der Waals surface area contributed by atoms with Crippen LogP contribution >= 0.6 is 0 Å². The van der Waals surface area contributed by atoms with E-state index in [9.17, 15) is 0 Å². The Morgan fingerprint density at radius 2 is 2.33 bits per heavy atom. The number of aryl methyl sites for hydroxylation is 1. The minimum atomic E-state index is 0.717. The molecule has 0 amide bonds. The summed E-state index contributed by atoms with van der Waals surface area (Å²) in [5.74, 6) is 0. The first kappa shape index (κ1) is 9.88. The third-order valence-electron chi connectivity index (χ3n) is 1.91. The van der Waals surface area contributed by atoms with E-state index < -0.39 is 0 Å². The van der Waals surface area contributed by atoms with E-state index in [-0.39, 0.29) is 0 Å². The van der Waals surface area contributed by atoms with E-state index in [1.807, 2.05) is 12.3 Å². The Morgan fingerprint density at radius 1 is 1.50 bits per heavy atom. The van der Waals surface area contributed by atoms with Gasteiger partial charge in [0.1, 0.15) is 0 Å². The molecule has 1 atom stereocenters. The molecule has 1 aromatic heterocycles. The first-order valence-electron chi connectivity index (χ1n) is 4.46. The van der Waals surface area contributed by atoms with Gasteiger partial charge in [0.05, 0.1) is 0 Å². The molecular formula is C10H15OSe. The molecule has 0 aliphatic heterocycles. The van der Waals surface area contributed by atoms with Gasteiger partial charge in [-0.2, -0.15) is 0 Å². The van der Waals surface area contributed by atoms with Crippen LogP contribution in [0, 0.1) is 0 Å². The molecule has 0 saturated heterocycles. The van der Waals surface area contributed by atoms with Crippen LogP contribution in [0.4, 0.5) is 0 Å². The van der Waals surface area contributed by atoms with Gasteiger partial charge in [0.15, 0.2) is 0 Å². The molecule has 12 heavy (non-hydrogen) atoms. The third kappa shape index (κ3) is 3.98. The molecule has 0 N–H and O–H groups in total. The van der Waals surface area contributed by atoms with Crippen molar-refractivity contribution in [2.75, 3.05) is 0 Å². The van der Waals surface area contributed by atoms with Gasteiger partial charge < -0.3 is 0 Å². The Morgan fingerprint density at radius 3 is 2.92 bits per heavy atom. The van der Waals surface area contributed by atoms with E-state index in [0.717, 1.165) is 6.42 Å².